The molecule has 0 aliphatic carbocycles. The van der Waals surface area contributed by atoms with Crippen molar-refractivity contribution in [2.75, 3.05) is 0 Å². The van der Waals surface area contributed by atoms with Crippen molar-refractivity contribution in [2.24, 2.45) is 0 Å². The molecule has 26 heavy (non-hydrogen) atoms. The first-order valence-electron chi connectivity index (χ1n) is 7.64. The lowest BCUT2D eigenvalue weighted by Crippen LogP contribution is -2.03. The first-order chi connectivity index (χ1) is 12.4. The van der Waals surface area contributed by atoms with E-state index in [1.807, 2.05) is 16.9 Å². The van der Waals surface area contributed by atoms with E-state index in [1.54, 1.807) is 6.08 Å². The van der Waals surface area contributed by atoms with E-state index in [0.717, 1.165) is 28.8 Å². The van der Waals surface area contributed by atoms with Gasteiger partial charge < -0.3 is 4.57 Å². The Balaban J connectivity index is 1.69. The van der Waals surface area contributed by atoms with Gasteiger partial charge in [0.05, 0.1) is 11.3 Å². The van der Waals surface area contributed by atoms with Crippen LogP contribution in [0.1, 0.15) is 17.1 Å². The number of hydrogen-bond acceptors (Lipinski definition) is 5. The second-order valence-electron chi connectivity index (χ2n) is 5.44. The Labute approximate surface area is 156 Å². The largest absolute Gasteiger partial charge is 0.416 e. The monoisotopic (exact) mass is 396 g/mol. The second kappa shape index (κ2) is 7.63. The maximum Gasteiger partial charge on any atom is 0.416 e. The van der Waals surface area contributed by atoms with Crippen molar-refractivity contribution < 1.29 is 13.2 Å². The molecule has 0 saturated carbocycles. The number of halogens is 3. The van der Waals surface area contributed by atoms with Crippen LogP contribution in [0.4, 0.5) is 13.2 Å². The Morgan fingerprint density at radius 2 is 1.96 bits per heavy atom. The number of nitrogens with zero attached hydrogens (tertiary/aromatic N) is 4. The molecule has 3 aromatic rings. The van der Waals surface area contributed by atoms with Gasteiger partial charge in [0.25, 0.3) is 0 Å². The molecule has 0 spiro atoms. The Kier molecular flexibility index (Phi) is 5.47. The predicted molar refractivity (Wildman–Crippen MR) is 97.1 cm³/mol. The molecule has 4 nitrogen and oxygen atoms in total. The minimum Gasteiger partial charge on any atom is -0.302 e. The minimum atomic E-state index is -4.33. The number of aryl methyl sites for hydroxylation is 1. The van der Waals surface area contributed by atoms with Gasteiger partial charge in [0, 0.05) is 23.2 Å². The van der Waals surface area contributed by atoms with Crippen LogP contribution in [-0.4, -0.2) is 19.7 Å². The third kappa shape index (κ3) is 4.16. The summed E-state index contributed by atoms with van der Waals surface area (Å²) in [4.78, 5) is 4.51. The summed E-state index contributed by atoms with van der Waals surface area (Å²) in [6, 6.07) is 5.04. The van der Waals surface area contributed by atoms with Gasteiger partial charge in [0.2, 0.25) is 0 Å². The maximum atomic E-state index is 12.6. The summed E-state index contributed by atoms with van der Waals surface area (Å²) in [7, 11) is 0. The summed E-state index contributed by atoms with van der Waals surface area (Å²) in [6.45, 7) is 6.24. The zero-order valence-electron chi connectivity index (χ0n) is 13.8. The van der Waals surface area contributed by atoms with Crippen LogP contribution in [-0.2, 0) is 18.5 Å². The summed E-state index contributed by atoms with van der Waals surface area (Å²) in [5, 5.41) is 11.6. The summed E-state index contributed by atoms with van der Waals surface area (Å²) >= 11 is 2.92. The molecule has 2 aromatic heterocycles. The molecule has 1 aromatic carbocycles. The van der Waals surface area contributed by atoms with Crippen LogP contribution < -0.4 is 0 Å². The van der Waals surface area contributed by atoms with Gasteiger partial charge in [-0.3, -0.25) is 0 Å². The van der Waals surface area contributed by atoms with E-state index < -0.39 is 11.7 Å². The Bertz CT molecular complexity index is 898. The molecule has 0 N–H and O–H groups in total. The fraction of sp³-hybridized carbons (Fsp3) is 0.235. The standard InChI is InChI=1S/C17H15F3N4S2/c1-3-8-24-11(2)22-23-16(24)26-10-14-9-25-15(21-14)12-4-6-13(7-5-12)17(18,19)20/h3-7,9H,1,8,10H2,2H3. The quantitative estimate of drug-likeness (QED) is 0.424. The highest BCUT2D eigenvalue weighted by Gasteiger charge is 2.30. The number of alkyl halides is 3. The van der Waals surface area contributed by atoms with Gasteiger partial charge >= 0.3 is 6.18 Å². The fourth-order valence-corrected chi connectivity index (χ4v) is 4.07. The third-order valence-electron chi connectivity index (χ3n) is 3.57. The van der Waals surface area contributed by atoms with E-state index in [-0.39, 0.29) is 0 Å². The van der Waals surface area contributed by atoms with Gasteiger partial charge in [-0.15, -0.1) is 28.1 Å². The topological polar surface area (TPSA) is 43.6 Å². The van der Waals surface area contributed by atoms with Gasteiger partial charge in [-0.25, -0.2) is 4.98 Å². The molecule has 0 amide bonds. The summed E-state index contributed by atoms with van der Waals surface area (Å²) < 4.78 is 39.9. The van der Waals surface area contributed by atoms with Crippen LogP contribution >= 0.6 is 23.1 Å². The Hall–Kier alpha value is -2.13. The molecule has 3 rings (SSSR count). The van der Waals surface area contributed by atoms with Crippen molar-refractivity contribution in [3.05, 3.63) is 59.4 Å². The molecule has 0 unspecified atom stereocenters. The van der Waals surface area contributed by atoms with Gasteiger partial charge in [-0.2, -0.15) is 13.2 Å². The van der Waals surface area contributed by atoms with Crippen molar-refractivity contribution in [1.29, 1.82) is 0 Å². The van der Waals surface area contributed by atoms with Crippen LogP contribution in [0.3, 0.4) is 0 Å². The van der Waals surface area contributed by atoms with Crippen molar-refractivity contribution in [1.82, 2.24) is 19.7 Å². The van der Waals surface area contributed by atoms with Crippen molar-refractivity contribution in [3.8, 4) is 10.6 Å². The highest BCUT2D eigenvalue weighted by atomic mass is 32.2. The average molecular weight is 396 g/mol. The van der Waals surface area contributed by atoms with Gasteiger partial charge in [0.15, 0.2) is 5.16 Å². The Morgan fingerprint density at radius 1 is 1.23 bits per heavy atom. The molecule has 136 valence electrons. The van der Waals surface area contributed by atoms with Crippen LogP contribution in [0.25, 0.3) is 10.6 Å². The number of aromatic nitrogens is 4. The molecule has 0 aliphatic rings. The molecule has 2 heterocycles. The molecule has 0 saturated heterocycles. The summed E-state index contributed by atoms with van der Waals surface area (Å²) in [5.74, 6) is 1.42. The molecule has 0 bridgehead atoms. The molecule has 0 aliphatic heterocycles. The molecular formula is C17H15F3N4S2. The van der Waals surface area contributed by atoms with E-state index in [4.69, 9.17) is 0 Å². The highest BCUT2D eigenvalue weighted by molar-refractivity contribution is 7.98. The van der Waals surface area contributed by atoms with Crippen LogP contribution in [0.2, 0.25) is 0 Å². The number of benzene rings is 1. The normalized spacial score (nSPS) is 11.7. The zero-order chi connectivity index (χ0) is 18.7. The highest BCUT2D eigenvalue weighted by Crippen LogP contribution is 2.32. The number of thiazole rings is 1. The number of allylic oxidation sites excluding steroid dienone is 1. The first kappa shape index (κ1) is 18.7. The second-order valence-corrected chi connectivity index (χ2v) is 7.24. The lowest BCUT2D eigenvalue weighted by atomic mass is 10.1. The molecule has 0 atom stereocenters. The third-order valence-corrected chi connectivity index (χ3v) is 5.51. The van der Waals surface area contributed by atoms with Gasteiger partial charge in [-0.05, 0) is 19.1 Å². The van der Waals surface area contributed by atoms with Crippen molar-refractivity contribution >= 4 is 23.1 Å². The van der Waals surface area contributed by atoms with E-state index >= 15 is 0 Å². The number of thioether (sulfide) groups is 1. The number of hydrogen-bond donors (Lipinski definition) is 0. The minimum absolute atomic E-state index is 0.604. The molecule has 9 heteroatoms. The predicted octanol–water partition coefficient (Wildman–Crippen LogP) is 5.21. The molecule has 0 fully saturated rings. The average Bonchev–Trinajstić information content (AvgIpc) is 3.21. The van der Waals surface area contributed by atoms with E-state index in [2.05, 4.69) is 21.8 Å². The maximum absolute atomic E-state index is 12.6. The van der Waals surface area contributed by atoms with Crippen LogP contribution in [0.15, 0.2) is 47.5 Å². The van der Waals surface area contributed by atoms with Crippen molar-refractivity contribution in [3.63, 3.8) is 0 Å². The van der Waals surface area contributed by atoms with Crippen LogP contribution in [0, 0.1) is 6.92 Å². The van der Waals surface area contributed by atoms with Gasteiger partial charge in [0.1, 0.15) is 10.8 Å². The lowest BCUT2D eigenvalue weighted by molar-refractivity contribution is -0.137. The Morgan fingerprint density at radius 3 is 2.62 bits per heavy atom. The fourth-order valence-electron chi connectivity index (χ4n) is 2.25. The first-order valence-corrected chi connectivity index (χ1v) is 9.50. The molecule has 0 radical (unpaired) electrons. The van der Waals surface area contributed by atoms with E-state index in [1.165, 1.54) is 35.2 Å². The SMILES string of the molecule is C=CCn1c(C)nnc1SCc1csc(-c2ccc(C(F)(F)F)cc2)n1. The smallest absolute Gasteiger partial charge is 0.302 e. The number of rotatable bonds is 6. The molecular weight excluding hydrogens is 381 g/mol. The van der Waals surface area contributed by atoms with Crippen LogP contribution in [0.5, 0.6) is 0 Å². The van der Waals surface area contributed by atoms with Crippen molar-refractivity contribution in [2.45, 2.75) is 30.6 Å². The lowest BCUT2D eigenvalue weighted by Gasteiger charge is -2.06. The summed E-state index contributed by atoms with van der Waals surface area (Å²) in [5.41, 5.74) is 0.858. The van der Waals surface area contributed by atoms with E-state index in [0.29, 0.717) is 22.9 Å². The van der Waals surface area contributed by atoms with E-state index in [9.17, 15) is 13.2 Å². The zero-order valence-corrected chi connectivity index (χ0v) is 15.5. The summed E-state index contributed by atoms with van der Waals surface area (Å²) in [6.07, 6.45) is -2.55. The van der Waals surface area contributed by atoms with Gasteiger partial charge in [-0.1, -0.05) is 30.0 Å².